The third kappa shape index (κ3) is 4.30. The van der Waals surface area contributed by atoms with Gasteiger partial charge in [-0.3, -0.25) is 4.98 Å². The molecule has 4 nitrogen and oxygen atoms in total. The first-order valence-electron chi connectivity index (χ1n) is 18.0. The average molecular weight is 675 g/mol. The van der Waals surface area contributed by atoms with Gasteiger partial charge < -0.3 is 0 Å². The van der Waals surface area contributed by atoms with Crippen LogP contribution in [0.15, 0.2) is 182 Å². The Morgan fingerprint density at radius 1 is 0.321 bits per heavy atom. The van der Waals surface area contributed by atoms with Gasteiger partial charge in [0.15, 0.2) is 17.5 Å². The van der Waals surface area contributed by atoms with Crippen LogP contribution in [-0.2, 0) is 5.41 Å². The van der Waals surface area contributed by atoms with Gasteiger partial charge in [0.05, 0.1) is 10.9 Å². The lowest BCUT2D eigenvalue weighted by molar-refractivity contribution is 0.794. The molecular weight excluding hydrogens is 645 g/mol. The van der Waals surface area contributed by atoms with Gasteiger partial charge in [0.2, 0.25) is 0 Å². The van der Waals surface area contributed by atoms with Gasteiger partial charge in [-0.05, 0) is 56.1 Å². The van der Waals surface area contributed by atoms with E-state index in [4.69, 9.17) is 19.9 Å². The van der Waals surface area contributed by atoms with Crippen molar-refractivity contribution in [3.63, 3.8) is 0 Å². The molecule has 0 bridgehead atoms. The summed E-state index contributed by atoms with van der Waals surface area (Å²) in [6.45, 7) is 0. The second kappa shape index (κ2) is 11.5. The van der Waals surface area contributed by atoms with Crippen LogP contribution in [0, 0.1) is 0 Å². The molecule has 7 aromatic carbocycles. The normalized spacial score (nSPS) is 13.1. The standard InChI is InChI=1S/C49H30N4/c1-2-13-33(14-3-1)46-51-47(34-28-26-31(27-29-34)35-20-10-15-32-16-12-30-50-45(32)35)53-48(52-46)39-21-11-25-43-44(39)38-19-6-9-24-42(38)49(43)40-22-7-4-17-36(40)37-18-5-8-23-41(37)49/h1-30H. The number of hydrogen-bond donors (Lipinski definition) is 0. The maximum Gasteiger partial charge on any atom is 0.164 e. The molecule has 53 heavy (non-hydrogen) atoms. The first kappa shape index (κ1) is 29.7. The molecule has 0 aliphatic heterocycles. The highest BCUT2D eigenvalue weighted by atomic mass is 15.0. The predicted octanol–water partition coefficient (Wildman–Crippen LogP) is 11.4. The van der Waals surface area contributed by atoms with E-state index in [2.05, 4.69) is 152 Å². The Bertz CT molecular complexity index is 2840. The molecule has 2 aromatic heterocycles. The fraction of sp³-hybridized carbons (Fsp3) is 0.0204. The fourth-order valence-corrected chi connectivity index (χ4v) is 8.81. The van der Waals surface area contributed by atoms with Crippen molar-refractivity contribution in [2.75, 3.05) is 0 Å². The molecule has 0 unspecified atom stereocenters. The zero-order chi connectivity index (χ0) is 34.9. The van der Waals surface area contributed by atoms with Gasteiger partial charge in [0.25, 0.3) is 0 Å². The molecule has 0 N–H and O–H groups in total. The molecule has 2 aliphatic rings. The van der Waals surface area contributed by atoms with E-state index in [0.29, 0.717) is 17.5 Å². The summed E-state index contributed by atoms with van der Waals surface area (Å²) < 4.78 is 0. The quantitative estimate of drug-likeness (QED) is 0.186. The summed E-state index contributed by atoms with van der Waals surface area (Å²) in [6, 6.07) is 62.4. The molecule has 246 valence electrons. The van der Waals surface area contributed by atoms with Gasteiger partial charge in [0.1, 0.15) is 0 Å². The fourth-order valence-electron chi connectivity index (χ4n) is 8.81. The minimum Gasteiger partial charge on any atom is -0.256 e. The summed E-state index contributed by atoms with van der Waals surface area (Å²) in [4.78, 5) is 20.3. The minimum atomic E-state index is -0.445. The van der Waals surface area contributed by atoms with Crippen LogP contribution in [0.3, 0.4) is 0 Å². The third-order valence-corrected chi connectivity index (χ3v) is 11.0. The number of rotatable bonds is 4. The van der Waals surface area contributed by atoms with Gasteiger partial charge in [0, 0.05) is 33.8 Å². The molecular formula is C49H30N4. The van der Waals surface area contributed by atoms with Crippen LogP contribution in [0.2, 0.25) is 0 Å². The summed E-state index contributed by atoms with van der Waals surface area (Å²) >= 11 is 0. The lowest BCUT2D eigenvalue weighted by atomic mass is 9.70. The minimum absolute atomic E-state index is 0.445. The lowest BCUT2D eigenvalue weighted by Crippen LogP contribution is -2.25. The highest BCUT2D eigenvalue weighted by Crippen LogP contribution is 2.63. The average Bonchev–Trinajstić information content (AvgIpc) is 3.71. The zero-order valence-electron chi connectivity index (χ0n) is 28.6. The molecule has 2 aliphatic carbocycles. The van der Waals surface area contributed by atoms with Crippen LogP contribution in [0.4, 0.5) is 0 Å². The van der Waals surface area contributed by atoms with E-state index in [1.807, 2.05) is 30.5 Å². The molecule has 9 aromatic rings. The van der Waals surface area contributed by atoms with Crippen LogP contribution in [-0.4, -0.2) is 19.9 Å². The number of hydrogen-bond acceptors (Lipinski definition) is 4. The molecule has 0 radical (unpaired) electrons. The van der Waals surface area contributed by atoms with Crippen molar-refractivity contribution >= 4 is 10.9 Å². The van der Waals surface area contributed by atoms with Crippen LogP contribution in [0.1, 0.15) is 22.3 Å². The van der Waals surface area contributed by atoms with Crippen molar-refractivity contribution in [3.05, 3.63) is 204 Å². The van der Waals surface area contributed by atoms with Crippen molar-refractivity contribution in [1.82, 2.24) is 19.9 Å². The van der Waals surface area contributed by atoms with E-state index in [1.54, 1.807) is 0 Å². The van der Waals surface area contributed by atoms with E-state index in [-0.39, 0.29) is 0 Å². The third-order valence-electron chi connectivity index (χ3n) is 11.0. The molecule has 11 rings (SSSR count). The van der Waals surface area contributed by atoms with Crippen molar-refractivity contribution in [3.8, 4) is 67.5 Å². The summed E-state index contributed by atoms with van der Waals surface area (Å²) in [5.41, 5.74) is 15.7. The second-order valence-electron chi connectivity index (χ2n) is 13.7. The molecule has 0 amide bonds. The summed E-state index contributed by atoms with van der Waals surface area (Å²) in [6.07, 6.45) is 1.85. The van der Waals surface area contributed by atoms with Gasteiger partial charge in [-0.1, -0.05) is 170 Å². The number of aromatic nitrogens is 4. The Hall–Kier alpha value is -7.04. The van der Waals surface area contributed by atoms with Gasteiger partial charge >= 0.3 is 0 Å². The van der Waals surface area contributed by atoms with Crippen molar-refractivity contribution < 1.29 is 0 Å². The zero-order valence-corrected chi connectivity index (χ0v) is 28.6. The van der Waals surface area contributed by atoms with Crippen LogP contribution >= 0.6 is 0 Å². The van der Waals surface area contributed by atoms with Crippen molar-refractivity contribution in [1.29, 1.82) is 0 Å². The highest BCUT2D eigenvalue weighted by molar-refractivity contribution is 5.99. The second-order valence-corrected chi connectivity index (χ2v) is 13.7. The molecule has 1 spiro atoms. The Morgan fingerprint density at radius 3 is 1.53 bits per heavy atom. The van der Waals surface area contributed by atoms with Crippen LogP contribution in [0.25, 0.3) is 78.4 Å². The van der Waals surface area contributed by atoms with Crippen molar-refractivity contribution in [2.24, 2.45) is 0 Å². The first-order valence-corrected chi connectivity index (χ1v) is 18.0. The highest BCUT2D eigenvalue weighted by Gasteiger charge is 2.52. The smallest absolute Gasteiger partial charge is 0.164 e. The number of nitrogens with zero attached hydrogens (tertiary/aromatic N) is 4. The first-order chi connectivity index (χ1) is 26.3. The van der Waals surface area contributed by atoms with Crippen molar-refractivity contribution in [2.45, 2.75) is 5.41 Å². The number of para-hydroxylation sites is 1. The van der Waals surface area contributed by atoms with E-state index in [9.17, 15) is 0 Å². The monoisotopic (exact) mass is 674 g/mol. The maximum absolute atomic E-state index is 5.27. The predicted molar refractivity (Wildman–Crippen MR) is 213 cm³/mol. The molecule has 0 atom stereocenters. The van der Waals surface area contributed by atoms with Gasteiger partial charge in [-0.25, -0.2) is 15.0 Å². The lowest BCUT2D eigenvalue weighted by Gasteiger charge is -2.30. The number of pyridine rings is 1. The largest absolute Gasteiger partial charge is 0.256 e. The summed E-state index contributed by atoms with van der Waals surface area (Å²) in [5.74, 6) is 1.93. The Balaban J connectivity index is 1.13. The molecule has 0 saturated heterocycles. The Kier molecular flexibility index (Phi) is 6.43. The topological polar surface area (TPSA) is 51.6 Å². The number of fused-ring (bicyclic) bond motifs is 11. The Labute approximate surface area is 307 Å². The molecule has 4 heteroatoms. The van der Waals surface area contributed by atoms with Crippen LogP contribution in [0.5, 0.6) is 0 Å². The van der Waals surface area contributed by atoms with Gasteiger partial charge in [-0.15, -0.1) is 0 Å². The van der Waals surface area contributed by atoms with E-state index in [0.717, 1.165) is 38.7 Å². The maximum atomic E-state index is 5.27. The van der Waals surface area contributed by atoms with E-state index in [1.165, 1.54) is 44.5 Å². The SMILES string of the molecule is c1ccc(-c2nc(-c3ccc(-c4cccc5cccnc45)cc3)nc(-c3cccc4c3-c3ccccc3C43c4ccccc4-c4ccccc43)n2)cc1. The van der Waals surface area contributed by atoms with E-state index < -0.39 is 5.41 Å². The molecule has 0 saturated carbocycles. The summed E-state index contributed by atoms with van der Waals surface area (Å²) in [7, 11) is 0. The van der Waals surface area contributed by atoms with Crippen LogP contribution < -0.4 is 0 Å². The summed E-state index contributed by atoms with van der Waals surface area (Å²) in [5, 5.41) is 1.12. The molecule has 0 fully saturated rings. The van der Waals surface area contributed by atoms with E-state index >= 15 is 0 Å². The molecule has 2 heterocycles. The van der Waals surface area contributed by atoms with Gasteiger partial charge in [-0.2, -0.15) is 0 Å². The number of benzene rings is 7. The Morgan fingerprint density at radius 2 is 0.811 bits per heavy atom.